The zero-order chi connectivity index (χ0) is 11.4. The third-order valence-electron chi connectivity index (χ3n) is 6.22. The highest BCUT2D eigenvalue weighted by Crippen LogP contribution is 2.88. The number of rotatable bonds is 1. The number of aliphatic hydroxyl groups is 1. The highest BCUT2D eigenvalue weighted by atomic mass is 79.9. The summed E-state index contributed by atoms with van der Waals surface area (Å²) in [5.41, 5.74) is 1.90. The zero-order valence-corrected chi connectivity index (χ0v) is 11.0. The summed E-state index contributed by atoms with van der Waals surface area (Å²) in [4.78, 5) is 0.611. The highest BCUT2D eigenvalue weighted by Gasteiger charge is 2.89. The van der Waals surface area contributed by atoms with E-state index in [1.165, 1.54) is 5.56 Å². The van der Waals surface area contributed by atoms with Gasteiger partial charge in [-0.25, -0.2) is 0 Å². The van der Waals surface area contributed by atoms with Crippen molar-refractivity contribution in [2.75, 3.05) is 0 Å². The molecular formula is C15H15BrO. The molecule has 1 aromatic carbocycles. The van der Waals surface area contributed by atoms with Crippen LogP contribution in [0.3, 0.4) is 0 Å². The average Bonchev–Trinajstić information content (AvgIpc) is 2.56. The summed E-state index contributed by atoms with van der Waals surface area (Å²) in [7, 11) is 0. The van der Waals surface area contributed by atoms with Crippen LogP contribution in [0.1, 0.15) is 12.0 Å². The fourth-order valence-electron chi connectivity index (χ4n) is 6.01. The van der Waals surface area contributed by atoms with Crippen LogP contribution in [-0.2, 0) is 5.41 Å². The van der Waals surface area contributed by atoms with E-state index in [9.17, 15) is 5.11 Å². The number of alkyl halides is 1. The van der Waals surface area contributed by atoms with E-state index >= 15 is 0 Å². The van der Waals surface area contributed by atoms with Crippen LogP contribution in [-0.4, -0.2) is 16.0 Å². The van der Waals surface area contributed by atoms with Crippen molar-refractivity contribution in [3.8, 4) is 0 Å². The summed E-state index contributed by atoms with van der Waals surface area (Å²) in [6.07, 6.45) is 1.05. The molecule has 1 nitrogen and oxygen atoms in total. The van der Waals surface area contributed by atoms with Gasteiger partial charge in [0.25, 0.3) is 0 Å². The van der Waals surface area contributed by atoms with Crippen LogP contribution < -0.4 is 0 Å². The Morgan fingerprint density at radius 1 is 1.12 bits per heavy atom. The fourth-order valence-corrected chi connectivity index (χ4v) is 7.63. The topological polar surface area (TPSA) is 20.2 Å². The molecule has 0 radical (unpaired) electrons. The molecule has 0 heterocycles. The van der Waals surface area contributed by atoms with E-state index in [2.05, 4.69) is 46.3 Å². The Morgan fingerprint density at radius 2 is 1.88 bits per heavy atom. The molecule has 0 spiro atoms. The third-order valence-corrected chi connectivity index (χ3v) is 7.59. The van der Waals surface area contributed by atoms with Gasteiger partial charge in [-0.3, -0.25) is 0 Å². The van der Waals surface area contributed by atoms with Gasteiger partial charge in [-0.1, -0.05) is 46.3 Å². The van der Waals surface area contributed by atoms with Crippen LogP contribution in [0.2, 0.25) is 0 Å². The van der Waals surface area contributed by atoms with E-state index in [0.717, 1.165) is 30.1 Å². The Bertz CT molecular complexity index is 497. The Hall–Kier alpha value is -0.340. The predicted molar refractivity (Wildman–Crippen MR) is 68.9 cm³/mol. The van der Waals surface area contributed by atoms with Crippen LogP contribution >= 0.6 is 15.9 Å². The van der Waals surface area contributed by atoms with Crippen molar-refractivity contribution in [1.82, 2.24) is 0 Å². The van der Waals surface area contributed by atoms with Gasteiger partial charge in [-0.15, -0.1) is 0 Å². The Labute approximate surface area is 109 Å². The van der Waals surface area contributed by atoms with E-state index in [1.54, 1.807) is 0 Å². The molecule has 5 fully saturated rings. The van der Waals surface area contributed by atoms with Gasteiger partial charge in [0.1, 0.15) is 0 Å². The maximum absolute atomic E-state index is 10.2. The zero-order valence-electron chi connectivity index (χ0n) is 9.46. The quantitative estimate of drug-likeness (QED) is 0.789. The van der Waals surface area contributed by atoms with E-state index in [1.807, 2.05) is 0 Å². The smallest absolute Gasteiger partial charge is 0.0577 e. The fraction of sp³-hybridized carbons (Fsp3) is 0.600. The third kappa shape index (κ3) is 0.769. The molecule has 5 aliphatic rings. The summed E-state index contributed by atoms with van der Waals surface area (Å²) in [6.45, 7) is 0. The summed E-state index contributed by atoms with van der Waals surface area (Å²) in [5, 5.41) is 10.2. The standard InChI is InChI=1S/C15H15BrO/c16-14-10-8-6-9(17)11(10)13-12(8)15(13,14)7-4-2-1-3-5-7/h1-5,8-14,17H,6H2/t8?,9-,10?,11?,12?,13?,14?,15?/m0/s1. The highest BCUT2D eigenvalue weighted by molar-refractivity contribution is 9.09. The van der Waals surface area contributed by atoms with Crippen molar-refractivity contribution >= 4 is 15.9 Å². The van der Waals surface area contributed by atoms with Crippen molar-refractivity contribution in [3.05, 3.63) is 35.9 Å². The lowest BCUT2D eigenvalue weighted by atomic mass is 9.93. The van der Waals surface area contributed by atoms with Gasteiger partial charge in [-0.2, -0.15) is 0 Å². The van der Waals surface area contributed by atoms with Crippen LogP contribution in [0.4, 0.5) is 0 Å². The molecule has 0 aliphatic heterocycles. The molecule has 5 aliphatic carbocycles. The van der Waals surface area contributed by atoms with Crippen molar-refractivity contribution in [1.29, 1.82) is 0 Å². The molecule has 88 valence electrons. The number of halogens is 1. The van der Waals surface area contributed by atoms with Gasteiger partial charge < -0.3 is 5.11 Å². The molecule has 0 saturated heterocycles. The van der Waals surface area contributed by atoms with Crippen molar-refractivity contribution in [2.24, 2.45) is 29.6 Å². The molecular weight excluding hydrogens is 276 g/mol. The Morgan fingerprint density at radius 3 is 2.53 bits per heavy atom. The second-order valence-electron chi connectivity index (χ2n) is 6.37. The normalized spacial score (nSPS) is 60.9. The van der Waals surface area contributed by atoms with Crippen LogP contribution in [0.15, 0.2) is 30.3 Å². The first-order valence-electron chi connectivity index (χ1n) is 6.65. The first kappa shape index (κ1) is 9.57. The maximum atomic E-state index is 10.2. The number of aliphatic hydroxyl groups excluding tert-OH is 1. The monoisotopic (exact) mass is 290 g/mol. The molecule has 6 rings (SSSR count). The minimum atomic E-state index is -0.0145. The largest absolute Gasteiger partial charge is 0.393 e. The van der Waals surface area contributed by atoms with Crippen LogP contribution in [0, 0.1) is 29.6 Å². The van der Waals surface area contributed by atoms with Crippen molar-refractivity contribution in [3.63, 3.8) is 0 Å². The van der Waals surface area contributed by atoms with Gasteiger partial charge >= 0.3 is 0 Å². The number of hydrogen-bond acceptors (Lipinski definition) is 1. The molecule has 2 heteroatoms. The maximum Gasteiger partial charge on any atom is 0.0577 e. The van der Waals surface area contributed by atoms with Gasteiger partial charge in [0.15, 0.2) is 0 Å². The first-order chi connectivity index (χ1) is 8.28. The lowest BCUT2D eigenvalue weighted by molar-refractivity contribution is 0.104. The van der Waals surface area contributed by atoms with Crippen molar-refractivity contribution in [2.45, 2.75) is 22.8 Å². The summed E-state index contributed by atoms with van der Waals surface area (Å²) < 4.78 is 0. The summed E-state index contributed by atoms with van der Waals surface area (Å²) in [5.74, 6) is 3.78. The SMILES string of the molecule is O[C@H]1CC2C3C1C1C2C1(c1ccccc1)C3Br. The average molecular weight is 291 g/mol. The van der Waals surface area contributed by atoms with Gasteiger partial charge in [0, 0.05) is 10.2 Å². The molecule has 1 aromatic rings. The second kappa shape index (κ2) is 2.65. The minimum absolute atomic E-state index is 0.0145. The van der Waals surface area contributed by atoms with E-state index in [4.69, 9.17) is 0 Å². The molecule has 0 amide bonds. The van der Waals surface area contributed by atoms with E-state index in [0.29, 0.717) is 16.2 Å². The molecule has 5 saturated carbocycles. The molecule has 0 aromatic heterocycles. The predicted octanol–water partition coefficient (Wildman–Crippen LogP) is 2.57. The van der Waals surface area contributed by atoms with Crippen LogP contribution in [0.5, 0.6) is 0 Å². The lowest BCUT2D eigenvalue weighted by Gasteiger charge is -2.18. The van der Waals surface area contributed by atoms with Crippen LogP contribution in [0.25, 0.3) is 0 Å². The Balaban J connectivity index is 1.70. The van der Waals surface area contributed by atoms with E-state index < -0.39 is 0 Å². The molecule has 17 heavy (non-hydrogen) atoms. The molecule has 8 atom stereocenters. The van der Waals surface area contributed by atoms with E-state index in [-0.39, 0.29) is 6.10 Å². The minimum Gasteiger partial charge on any atom is -0.393 e. The van der Waals surface area contributed by atoms with Gasteiger partial charge in [-0.05, 0) is 41.6 Å². The van der Waals surface area contributed by atoms with Crippen molar-refractivity contribution < 1.29 is 5.11 Å². The van der Waals surface area contributed by atoms with Gasteiger partial charge in [0.2, 0.25) is 0 Å². The molecule has 6 bridgehead atoms. The van der Waals surface area contributed by atoms with Gasteiger partial charge in [0.05, 0.1) is 6.10 Å². The Kier molecular flexibility index (Phi) is 1.49. The summed E-state index contributed by atoms with van der Waals surface area (Å²) in [6, 6.07) is 11.0. The molecule has 7 unspecified atom stereocenters. The molecule has 1 N–H and O–H groups in total. The number of benzene rings is 1. The lowest BCUT2D eigenvalue weighted by Crippen LogP contribution is -2.20. The second-order valence-corrected chi connectivity index (χ2v) is 7.36. The summed E-state index contributed by atoms with van der Waals surface area (Å²) >= 11 is 3.98. The first-order valence-corrected chi connectivity index (χ1v) is 7.57. The number of hydrogen-bond donors (Lipinski definition) is 1.